The molecule has 92 valence electrons. The average Bonchev–Trinajstić information content (AvgIpc) is 2.37. The number of anilines is 1. The molecule has 0 unspecified atom stereocenters. The van der Waals surface area contributed by atoms with Crippen molar-refractivity contribution in [1.29, 1.82) is 5.26 Å². The Bertz CT molecular complexity index is 408. The molecule has 0 aliphatic rings. The fourth-order valence-corrected chi connectivity index (χ4v) is 2.38. The first-order chi connectivity index (χ1) is 8.10. The van der Waals surface area contributed by atoms with E-state index in [1.165, 1.54) is 0 Å². The van der Waals surface area contributed by atoms with E-state index in [-0.39, 0.29) is 5.54 Å². The highest BCUT2D eigenvalue weighted by atomic mass is 79.9. The molecule has 0 heterocycles. The Morgan fingerprint density at radius 1 is 1.24 bits per heavy atom. The Morgan fingerprint density at radius 3 is 2.29 bits per heavy atom. The lowest BCUT2D eigenvalue weighted by molar-refractivity contribution is 0.420. The summed E-state index contributed by atoms with van der Waals surface area (Å²) in [5.74, 6) is 0. The van der Waals surface area contributed by atoms with Gasteiger partial charge in [0, 0.05) is 10.0 Å². The van der Waals surface area contributed by atoms with E-state index in [2.05, 4.69) is 48.1 Å². The third-order valence-electron chi connectivity index (χ3n) is 3.53. The highest BCUT2D eigenvalue weighted by molar-refractivity contribution is 9.10. The lowest BCUT2D eigenvalue weighted by Gasteiger charge is -2.33. The second-order valence-corrected chi connectivity index (χ2v) is 5.18. The van der Waals surface area contributed by atoms with Crippen LogP contribution in [0.5, 0.6) is 0 Å². The molecule has 0 atom stereocenters. The number of rotatable bonds is 5. The smallest absolute Gasteiger partial charge is 0.101 e. The molecule has 1 aromatic carbocycles. The predicted molar refractivity (Wildman–Crippen MR) is 76.1 cm³/mol. The normalized spacial score (nSPS) is 11.0. The maximum atomic E-state index is 9.15. The summed E-state index contributed by atoms with van der Waals surface area (Å²) < 4.78 is 0.940. The largest absolute Gasteiger partial charge is 0.379 e. The van der Waals surface area contributed by atoms with Crippen LogP contribution in [-0.4, -0.2) is 5.54 Å². The van der Waals surface area contributed by atoms with E-state index in [1.807, 2.05) is 18.2 Å². The van der Waals surface area contributed by atoms with Crippen LogP contribution in [0, 0.1) is 11.3 Å². The molecule has 0 amide bonds. The van der Waals surface area contributed by atoms with Crippen LogP contribution in [0.4, 0.5) is 5.69 Å². The van der Waals surface area contributed by atoms with Crippen molar-refractivity contribution in [1.82, 2.24) is 0 Å². The van der Waals surface area contributed by atoms with Crippen molar-refractivity contribution in [2.75, 3.05) is 5.32 Å². The van der Waals surface area contributed by atoms with Gasteiger partial charge in [0.15, 0.2) is 0 Å². The predicted octanol–water partition coefficient (Wildman–Crippen LogP) is 4.70. The number of nitrogens with one attached hydrogen (secondary N) is 1. The fraction of sp³-hybridized carbons (Fsp3) is 0.500. The van der Waals surface area contributed by atoms with Gasteiger partial charge in [-0.3, -0.25) is 0 Å². The standard InChI is InChI=1S/C14H19BrN2/c1-4-14(5-2,6-3)17-13-8-7-12(15)9-11(13)10-16/h7-9,17H,4-6H2,1-3H3. The fourth-order valence-electron chi connectivity index (χ4n) is 2.02. The summed E-state index contributed by atoms with van der Waals surface area (Å²) >= 11 is 3.39. The summed E-state index contributed by atoms with van der Waals surface area (Å²) in [6.07, 6.45) is 3.17. The van der Waals surface area contributed by atoms with Crippen LogP contribution in [0.25, 0.3) is 0 Å². The first kappa shape index (κ1) is 14.1. The van der Waals surface area contributed by atoms with Crippen LogP contribution in [0.15, 0.2) is 22.7 Å². The molecule has 0 spiro atoms. The molecule has 17 heavy (non-hydrogen) atoms. The van der Waals surface area contributed by atoms with Gasteiger partial charge in [-0.1, -0.05) is 36.7 Å². The topological polar surface area (TPSA) is 35.8 Å². The zero-order chi connectivity index (χ0) is 12.9. The van der Waals surface area contributed by atoms with Crippen LogP contribution in [0.3, 0.4) is 0 Å². The SMILES string of the molecule is CCC(CC)(CC)Nc1ccc(Br)cc1C#N. The highest BCUT2D eigenvalue weighted by Gasteiger charge is 2.24. The molecule has 0 bridgehead atoms. The molecular weight excluding hydrogens is 276 g/mol. The molecule has 2 nitrogen and oxygen atoms in total. The lowest BCUT2D eigenvalue weighted by Crippen LogP contribution is -2.36. The maximum Gasteiger partial charge on any atom is 0.101 e. The summed E-state index contributed by atoms with van der Waals surface area (Å²) in [5, 5.41) is 12.7. The first-order valence-corrected chi connectivity index (χ1v) is 6.88. The van der Waals surface area contributed by atoms with E-state index in [9.17, 15) is 0 Å². The molecule has 0 aliphatic carbocycles. The van der Waals surface area contributed by atoms with Crippen molar-refractivity contribution in [2.24, 2.45) is 0 Å². The Balaban J connectivity index is 3.06. The molecule has 0 saturated heterocycles. The van der Waals surface area contributed by atoms with Gasteiger partial charge in [-0.25, -0.2) is 0 Å². The average molecular weight is 295 g/mol. The van der Waals surface area contributed by atoms with Crippen LogP contribution < -0.4 is 5.32 Å². The summed E-state index contributed by atoms with van der Waals surface area (Å²) in [4.78, 5) is 0. The minimum Gasteiger partial charge on any atom is -0.379 e. The monoisotopic (exact) mass is 294 g/mol. The zero-order valence-electron chi connectivity index (χ0n) is 10.7. The molecule has 1 N–H and O–H groups in total. The Morgan fingerprint density at radius 2 is 1.82 bits per heavy atom. The van der Waals surface area contributed by atoms with Crippen molar-refractivity contribution in [3.05, 3.63) is 28.2 Å². The summed E-state index contributed by atoms with van der Waals surface area (Å²) in [7, 11) is 0. The van der Waals surface area contributed by atoms with Gasteiger partial charge in [0.2, 0.25) is 0 Å². The zero-order valence-corrected chi connectivity index (χ0v) is 12.3. The number of benzene rings is 1. The summed E-state index contributed by atoms with van der Waals surface area (Å²) in [5.41, 5.74) is 1.72. The van der Waals surface area contributed by atoms with Crippen molar-refractivity contribution < 1.29 is 0 Å². The number of nitriles is 1. The quantitative estimate of drug-likeness (QED) is 0.854. The maximum absolute atomic E-state index is 9.15. The number of hydrogen-bond donors (Lipinski definition) is 1. The second kappa shape index (κ2) is 6.07. The summed E-state index contributed by atoms with van der Waals surface area (Å²) in [6, 6.07) is 8.03. The molecule has 0 radical (unpaired) electrons. The van der Waals surface area contributed by atoms with Crippen LogP contribution in [0.1, 0.15) is 45.6 Å². The molecule has 0 aliphatic heterocycles. The highest BCUT2D eigenvalue weighted by Crippen LogP contribution is 2.28. The number of halogens is 1. The van der Waals surface area contributed by atoms with Crippen molar-refractivity contribution in [3.8, 4) is 6.07 Å². The van der Waals surface area contributed by atoms with Gasteiger partial charge in [-0.15, -0.1) is 0 Å². The Labute approximate surface area is 112 Å². The van der Waals surface area contributed by atoms with Gasteiger partial charge in [0.1, 0.15) is 6.07 Å². The van der Waals surface area contributed by atoms with E-state index in [0.717, 1.165) is 29.4 Å². The van der Waals surface area contributed by atoms with Crippen molar-refractivity contribution >= 4 is 21.6 Å². The van der Waals surface area contributed by atoms with Crippen LogP contribution in [-0.2, 0) is 0 Å². The Kier molecular flexibility index (Phi) is 5.02. The van der Waals surface area contributed by atoms with Gasteiger partial charge < -0.3 is 5.32 Å². The third kappa shape index (κ3) is 3.23. The molecular formula is C14H19BrN2. The summed E-state index contributed by atoms with van der Waals surface area (Å²) in [6.45, 7) is 6.56. The lowest BCUT2D eigenvalue weighted by atomic mass is 9.89. The van der Waals surface area contributed by atoms with Crippen molar-refractivity contribution in [3.63, 3.8) is 0 Å². The second-order valence-electron chi connectivity index (χ2n) is 4.27. The number of hydrogen-bond acceptors (Lipinski definition) is 2. The van der Waals surface area contributed by atoms with E-state index < -0.39 is 0 Å². The van der Waals surface area contributed by atoms with Gasteiger partial charge in [-0.2, -0.15) is 5.26 Å². The third-order valence-corrected chi connectivity index (χ3v) is 4.03. The molecule has 1 rings (SSSR count). The van der Waals surface area contributed by atoms with Crippen molar-refractivity contribution in [2.45, 2.75) is 45.6 Å². The van der Waals surface area contributed by atoms with Gasteiger partial charge >= 0.3 is 0 Å². The molecule has 0 fully saturated rings. The molecule has 0 aromatic heterocycles. The Hall–Kier alpha value is -1.01. The van der Waals surface area contributed by atoms with Gasteiger partial charge in [0.05, 0.1) is 11.3 Å². The first-order valence-electron chi connectivity index (χ1n) is 6.08. The number of nitrogens with zero attached hydrogens (tertiary/aromatic N) is 1. The molecule has 3 heteroatoms. The van der Waals surface area contributed by atoms with E-state index in [1.54, 1.807) is 0 Å². The molecule has 1 aromatic rings. The van der Waals surface area contributed by atoms with E-state index >= 15 is 0 Å². The van der Waals surface area contributed by atoms with Crippen LogP contribution in [0.2, 0.25) is 0 Å². The van der Waals surface area contributed by atoms with E-state index in [0.29, 0.717) is 5.56 Å². The van der Waals surface area contributed by atoms with E-state index in [4.69, 9.17) is 5.26 Å². The molecule has 0 saturated carbocycles. The van der Waals surface area contributed by atoms with Gasteiger partial charge in [0.25, 0.3) is 0 Å². The van der Waals surface area contributed by atoms with Crippen LogP contribution >= 0.6 is 15.9 Å². The minimum absolute atomic E-state index is 0.0967. The minimum atomic E-state index is 0.0967. The van der Waals surface area contributed by atoms with Gasteiger partial charge in [-0.05, 0) is 37.5 Å².